The van der Waals surface area contributed by atoms with E-state index in [0.717, 1.165) is 32.6 Å². The molecule has 2 aromatic rings. The fourth-order valence-electron chi connectivity index (χ4n) is 2.37. The first-order valence-electron chi connectivity index (χ1n) is 7.34. The van der Waals surface area contributed by atoms with Gasteiger partial charge in [0.15, 0.2) is 5.11 Å². The van der Waals surface area contributed by atoms with E-state index in [0.29, 0.717) is 12.0 Å². The highest BCUT2D eigenvalue weighted by Gasteiger charge is 2.29. The van der Waals surface area contributed by atoms with E-state index in [1.807, 2.05) is 43.0 Å². The Bertz CT molecular complexity index is 674. The molecule has 7 heteroatoms. The number of nitrogens with one attached hydrogen (secondary N) is 1. The second-order valence-corrected chi connectivity index (χ2v) is 9.02. The molecule has 0 amide bonds. The van der Waals surface area contributed by atoms with Crippen LogP contribution in [0, 0.1) is 0 Å². The Balaban J connectivity index is 1.67. The number of benzene rings is 1. The van der Waals surface area contributed by atoms with Crippen LogP contribution >= 0.6 is 51.2 Å². The van der Waals surface area contributed by atoms with E-state index in [9.17, 15) is 0 Å². The van der Waals surface area contributed by atoms with Gasteiger partial charge in [0.2, 0.25) is 0 Å². The van der Waals surface area contributed by atoms with Crippen molar-refractivity contribution in [1.82, 2.24) is 4.90 Å². The van der Waals surface area contributed by atoms with Crippen molar-refractivity contribution >= 4 is 62.0 Å². The quantitative estimate of drug-likeness (QED) is 0.661. The molecule has 23 heavy (non-hydrogen) atoms. The first-order valence-corrected chi connectivity index (χ1v) is 10.4. The lowest BCUT2D eigenvalue weighted by Gasteiger charge is -2.26. The number of anilines is 1. The van der Waals surface area contributed by atoms with Crippen molar-refractivity contribution in [2.24, 2.45) is 0 Å². The molecule has 1 aromatic heterocycles. The lowest BCUT2D eigenvalue weighted by Crippen LogP contribution is -2.33. The summed E-state index contributed by atoms with van der Waals surface area (Å²) in [5.41, 5.74) is 0.987. The number of thiocarbonyl (C=S) groups is 1. The molecule has 1 atom stereocenters. The molecule has 0 saturated carbocycles. The second kappa shape index (κ2) is 7.88. The number of thiophene rings is 1. The minimum Gasteiger partial charge on any atom is -0.494 e. The molecule has 1 aromatic carbocycles. The summed E-state index contributed by atoms with van der Waals surface area (Å²) in [7, 11) is 0. The van der Waals surface area contributed by atoms with Crippen LogP contribution in [-0.4, -0.2) is 28.9 Å². The summed E-state index contributed by atoms with van der Waals surface area (Å²) in [5, 5.41) is 4.41. The van der Waals surface area contributed by atoms with E-state index >= 15 is 0 Å². The van der Waals surface area contributed by atoms with Crippen LogP contribution < -0.4 is 10.1 Å². The van der Waals surface area contributed by atoms with E-state index in [1.165, 1.54) is 4.88 Å². The number of nitrogens with zero attached hydrogens (tertiary/aromatic N) is 1. The molecule has 1 N–H and O–H groups in total. The van der Waals surface area contributed by atoms with E-state index in [2.05, 4.69) is 38.3 Å². The molecule has 0 bridgehead atoms. The van der Waals surface area contributed by atoms with Crippen molar-refractivity contribution in [3.8, 4) is 5.75 Å². The Morgan fingerprint density at radius 3 is 2.78 bits per heavy atom. The average Bonchev–Trinajstić information content (AvgIpc) is 3.18. The Kier molecular flexibility index (Phi) is 5.85. The average molecular weight is 429 g/mol. The maximum absolute atomic E-state index is 5.63. The first kappa shape index (κ1) is 17.1. The Morgan fingerprint density at radius 2 is 2.13 bits per heavy atom. The zero-order chi connectivity index (χ0) is 16.2. The van der Waals surface area contributed by atoms with Crippen LogP contribution in [0.5, 0.6) is 5.75 Å². The number of hydrogen-bond donors (Lipinski definition) is 1. The van der Waals surface area contributed by atoms with Crippen LogP contribution in [0.4, 0.5) is 5.69 Å². The summed E-state index contributed by atoms with van der Waals surface area (Å²) >= 11 is 12.9. The van der Waals surface area contributed by atoms with Gasteiger partial charge in [0.1, 0.15) is 11.1 Å². The smallest absolute Gasteiger partial charge is 0.174 e. The predicted molar refractivity (Wildman–Crippen MR) is 108 cm³/mol. The highest BCUT2D eigenvalue weighted by Crippen LogP contribution is 2.42. The summed E-state index contributed by atoms with van der Waals surface area (Å²) < 4.78 is 6.62. The summed E-state index contributed by atoms with van der Waals surface area (Å²) in [6, 6.07) is 12.2. The normalized spacial score (nSPS) is 17.3. The predicted octanol–water partition coefficient (Wildman–Crippen LogP) is 5.35. The molecular weight excluding hydrogens is 412 g/mol. The number of ether oxygens (including phenoxy) is 1. The molecule has 0 radical (unpaired) electrons. The Labute approximate surface area is 158 Å². The summed E-state index contributed by atoms with van der Waals surface area (Å²) in [6.07, 6.45) is 0. The first-order chi connectivity index (χ1) is 11.2. The van der Waals surface area contributed by atoms with Gasteiger partial charge in [-0.2, -0.15) is 0 Å². The number of halogens is 1. The molecular formula is C16H17BrN2OS3. The fraction of sp³-hybridized carbons (Fsp3) is 0.312. The SMILES string of the molecule is CCOc1ccc(NC(=S)N2CCS[C@H]2c2ccc(Br)s2)cc1. The Hall–Kier alpha value is -0.760. The van der Waals surface area contributed by atoms with Crippen LogP contribution in [-0.2, 0) is 0 Å². The van der Waals surface area contributed by atoms with E-state index in [-0.39, 0.29) is 0 Å². The van der Waals surface area contributed by atoms with Gasteiger partial charge in [0.05, 0.1) is 10.4 Å². The molecule has 1 aliphatic rings. The molecule has 2 heterocycles. The zero-order valence-corrected chi connectivity index (χ0v) is 16.7. The number of hydrogen-bond acceptors (Lipinski definition) is 4. The van der Waals surface area contributed by atoms with Gasteiger partial charge in [-0.05, 0) is 71.5 Å². The van der Waals surface area contributed by atoms with Gasteiger partial charge in [-0.15, -0.1) is 23.1 Å². The van der Waals surface area contributed by atoms with E-state index < -0.39 is 0 Å². The topological polar surface area (TPSA) is 24.5 Å². The molecule has 1 aliphatic heterocycles. The molecule has 0 spiro atoms. The van der Waals surface area contributed by atoms with Crippen LogP contribution in [0.1, 0.15) is 17.2 Å². The van der Waals surface area contributed by atoms with Crippen molar-refractivity contribution in [3.63, 3.8) is 0 Å². The van der Waals surface area contributed by atoms with Crippen LogP contribution in [0.25, 0.3) is 0 Å². The van der Waals surface area contributed by atoms with Gasteiger partial charge < -0.3 is 15.0 Å². The summed E-state index contributed by atoms with van der Waals surface area (Å²) in [4.78, 5) is 3.59. The number of thioether (sulfide) groups is 1. The third-order valence-corrected chi connectivity index (χ3v) is 6.81. The highest BCUT2D eigenvalue weighted by atomic mass is 79.9. The summed E-state index contributed by atoms with van der Waals surface area (Å²) in [5.74, 6) is 1.97. The van der Waals surface area contributed by atoms with Crippen molar-refractivity contribution in [1.29, 1.82) is 0 Å². The highest BCUT2D eigenvalue weighted by molar-refractivity contribution is 9.11. The maximum Gasteiger partial charge on any atom is 0.174 e. The van der Waals surface area contributed by atoms with Gasteiger partial charge in [0, 0.05) is 22.9 Å². The molecule has 1 saturated heterocycles. The van der Waals surface area contributed by atoms with E-state index in [4.69, 9.17) is 17.0 Å². The van der Waals surface area contributed by atoms with Crippen molar-refractivity contribution in [2.75, 3.05) is 24.2 Å². The lowest BCUT2D eigenvalue weighted by atomic mass is 10.3. The largest absolute Gasteiger partial charge is 0.494 e. The molecule has 0 aliphatic carbocycles. The molecule has 3 rings (SSSR count). The fourth-order valence-corrected chi connectivity index (χ4v) is 5.68. The van der Waals surface area contributed by atoms with Gasteiger partial charge in [-0.3, -0.25) is 0 Å². The standard InChI is InChI=1S/C16H17BrN2OS3/c1-2-20-12-5-3-11(4-6-12)18-16(21)19-9-10-22-15(19)13-7-8-14(17)23-13/h3-8,15H,2,9-10H2,1H3,(H,18,21)/t15-/m0/s1. The third kappa shape index (κ3) is 4.21. The monoisotopic (exact) mass is 428 g/mol. The molecule has 3 nitrogen and oxygen atoms in total. The minimum absolute atomic E-state index is 0.300. The van der Waals surface area contributed by atoms with Crippen molar-refractivity contribution in [2.45, 2.75) is 12.3 Å². The zero-order valence-electron chi connectivity index (χ0n) is 12.6. The van der Waals surface area contributed by atoms with Gasteiger partial charge >= 0.3 is 0 Å². The maximum atomic E-state index is 5.63. The van der Waals surface area contributed by atoms with Crippen molar-refractivity contribution < 1.29 is 4.74 Å². The van der Waals surface area contributed by atoms with Crippen LogP contribution in [0.3, 0.4) is 0 Å². The molecule has 1 fully saturated rings. The molecule has 0 unspecified atom stereocenters. The van der Waals surface area contributed by atoms with Crippen molar-refractivity contribution in [3.05, 3.63) is 45.1 Å². The van der Waals surface area contributed by atoms with Crippen LogP contribution in [0.15, 0.2) is 40.2 Å². The summed E-state index contributed by atoms with van der Waals surface area (Å²) in [6.45, 7) is 3.62. The lowest BCUT2D eigenvalue weighted by molar-refractivity contribution is 0.340. The third-order valence-electron chi connectivity index (χ3n) is 3.41. The van der Waals surface area contributed by atoms with Crippen LogP contribution in [0.2, 0.25) is 0 Å². The Morgan fingerprint density at radius 1 is 1.35 bits per heavy atom. The second-order valence-electron chi connectivity index (χ2n) is 4.95. The van der Waals surface area contributed by atoms with Gasteiger partial charge in [0.25, 0.3) is 0 Å². The number of rotatable bonds is 4. The van der Waals surface area contributed by atoms with E-state index in [1.54, 1.807) is 11.3 Å². The molecule has 122 valence electrons. The van der Waals surface area contributed by atoms with Gasteiger partial charge in [-0.1, -0.05) is 0 Å². The minimum atomic E-state index is 0.300. The van der Waals surface area contributed by atoms with Gasteiger partial charge in [-0.25, -0.2) is 0 Å².